The minimum Gasteiger partial charge on any atom is -0.461 e. The molecule has 4 heterocycles. The highest BCUT2D eigenvalue weighted by atomic mass is 32.1. The Hall–Kier alpha value is -1.44. The Morgan fingerprint density at radius 1 is 1.26 bits per heavy atom. The zero-order chi connectivity index (χ0) is 18.9. The molecule has 0 aromatic carbocycles. The average Bonchev–Trinajstić information content (AvgIpc) is 3.26. The van der Waals surface area contributed by atoms with Crippen molar-refractivity contribution in [3.8, 4) is 0 Å². The molecule has 3 saturated heterocycles. The Morgan fingerprint density at radius 2 is 2.00 bits per heavy atom. The standard InChI is InChI=1S/C20H28N2O4S/c23-16-1-6-21(7-2-16)13-17-12-20(19(25)26-17)4-8-22(9-5-20)18(24)11-15-3-10-27-14-15/h3,10,14,16-17,23H,1-2,4-9,11-13H2. The molecule has 6 nitrogen and oxygen atoms in total. The average molecular weight is 393 g/mol. The van der Waals surface area contributed by atoms with Crippen molar-refractivity contribution >= 4 is 23.2 Å². The fourth-order valence-corrected chi connectivity index (χ4v) is 5.27. The van der Waals surface area contributed by atoms with Crippen LogP contribution in [0.15, 0.2) is 16.8 Å². The second-order valence-corrected chi connectivity index (χ2v) is 9.01. The van der Waals surface area contributed by atoms with Gasteiger partial charge in [0.05, 0.1) is 17.9 Å². The number of piperidine rings is 2. The molecule has 148 valence electrons. The SMILES string of the molecule is O=C(Cc1ccsc1)N1CCC2(CC1)CC(CN1CCC(O)CC1)OC2=O. The lowest BCUT2D eigenvalue weighted by Crippen LogP contribution is -2.45. The molecule has 1 aromatic heterocycles. The predicted octanol–water partition coefficient (Wildman–Crippen LogP) is 1.67. The number of thiophene rings is 1. The number of carbonyl (C=O) groups is 2. The highest BCUT2D eigenvalue weighted by Gasteiger charge is 2.51. The molecule has 1 unspecified atom stereocenters. The summed E-state index contributed by atoms with van der Waals surface area (Å²) in [6.45, 7) is 3.78. The summed E-state index contributed by atoms with van der Waals surface area (Å²) in [5.41, 5.74) is 0.663. The Bertz CT molecular complexity index is 662. The third-order valence-electron chi connectivity index (χ3n) is 6.35. The van der Waals surface area contributed by atoms with Crippen LogP contribution in [0.1, 0.15) is 37.7 Å². The van der Waals surface area contributed by atoms with Gasteiger partial charge in [-0.25, -0.2) is 0 Å². The summed E-state index contributed by atoms with van der Waals surface area (Å²) >= 11 is 1.61. The highest BCUT2D eigenvalue weighted by Crippen LogP contribution is 2.43. The van der Waals surface area contributed by atoms with E-state index in [1.54, 1.807) is 11.3 Å². The summed E-state index contributed by atoms with van der Waals surface area (Å²) in [6, 6.07) is 1.99. The third kappa shape index (κ3) is 4.20. The molecule has 1 spiro atoms. The van der Waals surface area contributed by atoms with Gasteiger partial charge in [-0.3, -0.25) is 14.5 Å². The van der Waals surface area contributed by atoms with E-state index >= 15 is 0 Å². The van der Waals surface area contributed by atoms with Crippen molar-refractivity contribution in [3.05, 3.63) is 22.4 Å². The summed E-state index contributed by atoms with van der Waals surface area (Å²) in [6.07, 6.45) is 3.98. The Kier molecular flexibility index (Phi) is 5.53. The molecule has 3 fully saturated rings. The topological polar surface area (TPSA) is 70.1 Å². The fraction of sp³-hybridized carbons (Fsp3) is 0.700. The number of ether oxygens (including phenoxy) is 1. The van der Waals surface area contributed by atoms with Crippen LogP contribution in [0.5, 0.6) is 0 Å². The van der Waals surface area contributed by atoms with Gasteiger partial charge in [0.15, 0.2) is 0 Å². The van der Waals surface area contributed by atoms with Crippen LogP contribution in [0.25, 0.3) is 0 Å². The third-order valence-corrected chi connectivity index (χ3v) is 7.08. The van der Waals surface area contributed by atoms with E-state index in [4.69, 9.17) is 4.74 Å². The van der Waals surface area contributed by atoms with Gasteiger partial charge in [0.2, 0.25) is 5.91 Å². The monoisotopic (exact) mass is 392 g/mol. The van der Waals surface area contributed by atoms with Crippen LogP contribution in [0.2, 0.25) is 0 Å². The van der Waals surface area contributed by atoms with Crippen LogP contribution in [0.4, 0.5) is 0 Å². The number of amides is 1. The molecule has 0 bridgehead atoms. The smallest absolute Gasteiger partial charge is 0.312 e. The van der Waals surface area contributed by atoms with E-state index in [0.29, 0.717) is 32.4 Å². The molecule has 27 heavy (non-hydrogen) atoms. The van der Waals surface area contributed by atoms with Crippen LogP contribution in [0, 0.1) is 5.41 Å². The van der Waals surface area contributed by atoms with Crippen LogP contribution in [0.3, 0.4) is 0 Å². The molecule has 0 aliphatic carbocycles. The molecule has 1 amide bonds. The largest absolute Gasteiger partial charge is 0.461 e. The van der Waals surface area contributed by atoms with E-state index in [2.05, 4.69) is 4.90 Å². The van der Waals surface area contributed by atoms with E-state index in [-0.39, 0.29) is 24.1 Å². The first-order valence-corrected chi connectivity index (χ1v) is 10.9. The predicted molar refractivity (Wildman–Crippen MR) is 102 cm³/mol. The molecule has 1 N–H and O–H groups in total. The maximum Gasteiger partial charge on any atom is 0.312 e. The van der Waals surface area contributed by atoms with Gasteiger partial charge in [0.1, 0.15) is 6.10 Å². The van der Waals surface area contributed by atoms with E-state index in [1.165, 1.54) is 0 Å². The lowest BCUT2D eigenvalue weighted by Gasteiger charge is -2.36. The number of hydrogen-bond donors (Lipinski definition) is 1. The quantitative estimate of drug-likeness (QED) is 0.790. The van der Waals surface area contributed by atoms with Crippen molar-refractivity contribution in [2.75, 3.05) is 32.7 Å². The maximum absolute atomic E-state index is 12.6. The molecule has 4 rings (SSSR count). The Morgan fingerprint density at radius 3 is 2.67 bits per heavy atom. The van der Waals surface area contributed by atoms with Crippen molar-refractivity contribution in [2.24, 2.45) is 5.41 Å². The first-order chi connectivity index (χ1) is 13.0. The minimum absolute atomic E-state index is 0.0548. The number of aliphatic hydroxyl groups is 1. The number of rotatable bonds is 4. The van der Waals surface area contributed by atoms with Crippen molar-refractivity contribution in [2.45, 2.75) is 50.7 Å². The normalized spacial score (nSPS) is 26.5. The number of carbonyl (C=O) groups excluding carboxylic acids is 2. The second kappa shape index (κ2) is 7.89. The molecule has 1 atom stereocenters. The summed E-state index contributed by atoms with van der Waals surface area (Å²) < 4.78 is 5.72. The summed E-state index contributed by atoms with van der Waals surface area (Å²) in [7, 11) is 0. The van der Waals surface area contributed by atoms with E-state index in [0.717, 1.165) is 44.5 Å². The molecule has 3 aliphatic heterocycles. The molecule has 1 aromatic rings. The first-order valence-electron chi connectivity index (χ1n) is 9.94. The lowest BCUT2D eigenvalue weighted by molar-refractivity contribution is -0.153. The van der Waals surface area contributed by atoms with Crippen LogP contribution in [-0.2, 0) is 20.7 Å². The van der Waals surface area contributed by atoms with Crippen LogP contribution >= 0.6 is 11.3 Å². The number of cyclic esters (lactones) is 1. The second-order valence-electron chi connectivity index (χ2n) is 8.23. The van der Waals surface area contributed by atoms with Gasteiger partial charge in [-0.05, 0) is 48.1 Å². The van der Waals surface area contributed by atoms with Crippen molar-refractivity contribution < 1.29 is 19.4 Å². The van der Waals surface area contributed by atoms with Gasteiger partial charge in [-0.1, -0.05) is 0 Å². The van der Waals surface area contributed by atoms with Gasteiger partial charge in [0, 0.05) is 39.1 Å². The highest BCUT2D eigenvalue weighted by molar-refractivity contribution is 7.08. The Labute approximate surface area is 164 Å². The zero-order valence-corrected chi connectivity index (χ0v) is 16.5. The van der Waals surface area contributed by atoms with Gasteiger partial charge < -0.3 is 14.7 Å². The van der Waals surface area contributed by atoms with Gasteiger partial charge in [-0.15, -0.1) is 0 Å². The number of aliphatic hydroxyl groups excluding tert-OH is 1. The van der Waals surface area contributed by atoms with Crippen molar-refractivity contribution in [1.29, 1.82) is 0 Å². The minimum atomic E-state index is -0.404. The number of esters is 1. The van der Waals surface area contributed by atoms with E-state index in [1.807, 2.05) is 21.7 Å². The lowest BCUT2D eigenvalue weighted by atomic mass is 9.76. The van der Waals surface area contributed by atoms with Crippen LogP contribution in [-0.4, -0.2) is 71.7 Å². The van der Waals surface area contributed by atoms with Crippen LogP contribution < -0.4 is 0 Å². The Balaban J connectivity index is 1.28. The van der Waals surface area contributed by atoms with Gasteiger partial charge in [-0.2, -0.15) is 11.3 Å². The van der Waals surface area contributed by atoms with E-state index in [9.17, 15) is 14.7 Å². The molecular weight excluding hydrogens is 364 g/mol. The molecule has 7 heteroatoms. The molecule has 3 aliphatic rings. The van der Waals surface area contributed by atoms with Gasteiger partial charge >= 0.3 is 5.97 Å². The van der Waals surface area contributed by atoms with E-state index < -0.39 is 5.41 Å². The van der Waals surface area contributed by atoms with Crippen molar-refractivity contribution in [3.63, 3.8) is 0 Å². The number of hydrogen-bond acceptors (Lipinski definition) is 6. The number of likely N-dealkylation sites (tertiary alicyclic amines) is 2. The zero-order valence-electron chi connectivity index (χ0n) is 15.6. The first kappa shape index (κ1) is 18.9. The van der Waals surface area contributed by atoms with Gasteiger partial charge in [0.25, 0.3) is 0 Å². The fourth-order valence-electron chi connectivity index (χ4n) is 4.60. The van der Waals surface area contributed by atoms with Crippen molar-refractivity contribution in [1.82, 2.24) is 9.80 Å². The number of nitrogens with zero attached hydrogens (tertiary/aromatic N) is 2. The molecule has 0 saturated carbocycles. The maximum atomic E-state index is 12.6. The molecular formula is C20H28N2O4S. The summed E-state index contributed by atoms with van der Waals surface area (Å²) in [5, 5.41) is 13.6. The molecule has 0 radical (unpaired) electrons. The summed E-state index contributed by atoms with van der Waals surface area (Å²) in [5.74, 6) is 0.0764. The summed E-state index contributed by atoms with van der Waals surface area (Å²) in [4.78, 5) is 29.3.